The van der Waals surface area contributed by atoms with Crippen LogP contribution in [0.1, 0.15) is 22.3 Å². The number of nitrogen functional groups attached to an aromatic ring is 1. The van der Waals surface area contributed by atoms with Gasteiger partial charge in [-0.15, -0.1) is 0 Å². The van der Waals surface area contributed by atoms with Crippen molar-refractivity contribution < 1.29 is 0 Å². The predicted molar refractivity (Wildman–Crippen MR) is 101 cm³/mol. The average Bonchev–Trinajstić information content (AvgIpc) is 2.50. The van der Waals surface area contributed by atoms with Gasteiger partial charge in [-0.1, -0.05) is 54.6 Å². The number of para-hydroxylation sites is 1. The maximum atomic E-state index is 6.62. The van der Waals surface area contributed by atoms with Gasteiger partial charge in [0, 0.05) is 16.8 Å². The molecule has 3 aromatic rings. The Kier molecular flexibility index (Phi) is 3.96. The second kappa shape index (κ2) is 5.92. The third-order valence-electron chi connectivity index (χ3n) is 4.61. The van der Waals surface area contributed by atoms with E-state index in [1.165, 1.54) is 33.4 Å². The Morgan fingerprint density at radius 2 is 0.826 bits per heavy atom. The highest BCUT2D eigenvalue weighted by Gasteiger charge is 2.14. The Labute approximate surface area is 138 Å². The third kappa shape index (κ3) is 2.63. The van der Waals surface area contributed by atoms with Crippen molar-refractivity contribution in [1.82, 2.24) is 0 Å². The van der Waals surface area contributed by atoms with Crippen molar-refractivity contribution >= 4 is 5.69 Å². The fraction of sp³-hybridized carbons (Fsp3) is 0.182. The van der Waals surface area contributed by atoms with Crippen LogP contribution in [0.2, 0.25) is 0 Å². The average molecular weight is 301 g/mol. The number of benzene rings is 3. The Morgan fingerprint density at radius 1 is 0.522 bits per heavy atom. The van der Waals surface area contributed by atoms with Gasteiger partial charge in [0.2, 0.25) is 0 Å². The van der Waals surface area contributed by atoms with Crippen molar-refractivity contribution in [2.75, 3.05) is 5.73 Å². The zero-order valence-corrected chi connectivity index (χ0v) is 14.3. The summed E-state index contributed by atoms with van der Waals surface area (Å²) in [5.41, 5.74) is 17.3. The first-order valence-electron chi connectivity index (χ1n) is 8.02. The fourth-order valence-corrected chi connectivity index (χ4v) is 3.48. The lowest BCUT2D eigenvalue weighted by atomic mass is 9.89. The van der Waals surface area contributed by atoms with E-state index in [1.54, 1.807) is 0 Å². The van der Waals surface area contributed by atoms with Crippen LogP contribution < -0.4 is 5.73 Å². The molecule has 0 spiro atoms. The molecule has 0 saturated carbocycles. The molecule has 3 aromatic carbocycles. The van der Waals surface area contributed by atoms with E-state index < -0.39 is 0 Å². The van der Waals surface area contributed by atoms with Crippen LogP contribution in [0.5, 0.6) is 0 Å². The van der Waals surface area contributed by atoms with E-state index in [2.05, 4.69) is 82.3 Å². The molecule has 0 atom stereocenters. The molecule has 0 unspecified atom stereocenters. The summed E-state index contributed by atoms with van der Waals surface area (Å²) in [6.45, 7) is 8.59. The minimum absolute atomic E-state index is 0.863. The molecule has 0 bridgehead atoms. The first-order chi connectivity index (χ1) is 11.0. The molecule has 0 saturated heterocycles. The van der Waals surface area contributed by atoms with Crippen molar-refractivity contribution in [1.29, 1.82) is 0 Å². The minimum atomic E-state index is 0.863. The maximum Gasteiger partial charge on any atom is 0.0473 e. The molecule has 0 amide bonds. The Hall–Kier alpha value is -2.54. The van der Waals surface area contributed by atoms with E-state index in [-0.39, 0.29) is 0 Å². The van der Waals surface area contributed by atoms with Crippen LogP contribution in [-0.2, 0) is 0 Å². The van der Waals surface area contributed by atoms with Crippen molar-refractivity contribution in [3.05, 3.63) is 76.9 Å². The van der Waals surface area contributed by atoms with Gasteiger partial charge >= 0.3 is 0 Å². The smallest absolute Gasteiger partial charge is 0.0473 e. The molecule has 0 aliphatic heterocycles. The molecular formula is C22H23N. The molecule has 0 radical (unpaired) electrons. The Balaban J connectivity index is 2.29. The summed E-state index contributed by atoms with van der Waals surface area (Å²) < 4.78 is 0. The third-order valence-corrected chi connectivity index (χ3v) is 4.61. The highest BCUT2D eigenvalue weighted by Crippen LogP contribution is 2.39. The van der Waals surface area contributed by atoms with Crippen LogP contribution in [0.15, 0.2) is 54.6 Å². The Bertz CT molecular complexity index is 765. The quantitative estimate of drug-likeness (QED) is 0.591. The fourth-order valence-electron chi connectivity index (χ4n) is 3.48. The minimum Gasteiger partial charge on any atom is -0.398 e. The lowest BCUT2D eigenvalue weighted by Crippen LogP contribution is -1.98. The SMILES string of the molecule is Cc1cccc(C)c1-c1cccc(-c2c(C)cccc2C)c1N. The normalized spacial score (nSPS) is 10.8. The highest BCUT2D eigenvalue weighted by molar-refractivity contribution is 5.92. The molecule has 0 aromatic heterocycles. The molecule has 0 fully saturated rings. The monoisotopic (exact) mass is 301 g/mol. The van der Waals surface area contributed by atoms with Crippen molar-refractivity contribution in [3.8, 4) is 22.3 Å². The zero-order valence-electron chi connectivity index (χ0n) is 14.3. The van der Waals surface area contributed by atoms with Gasteiger partial charge in [-0.2, -0.15) is 0 Å². The topological polar surface area (TPSA) is 26.0 Å². The summed E-state index contributed by atoms with van der Waals surface area (Å²) in [4.78, 5) is 0. The van der Waals surface area contributed by atoms with Crippen LogP contribution in [0.25, 0.3) is 22.3 Å². The zero-order chi connectivity index (χ0) is 16.6. The van der Waals surface area contributed by atoms with E-state index in [9.17, 15) is 0 Å². The van der Waals surface area contributed by atoms with E-state index in [4.69, 9.17) is 5.73 Å². The standard InChI is InChI=1S/C22H23N/c1-14-8-5-9-15(2)20(14)18-12-7-13-19(22(18)23)21-16(3)10-6-11-17(21)4/h5-13H,23H2,1-4H3. The number of hydrogen-bond acceptors (Lipinski definition) is 1. The van der Waals surface area contributed by atoms with Gasteiger partial charge in [0.25, 0.3) is 0 Å². The largest absolute Gasteiger partial charge is 0.398 e. The molecule has 0 aliphatic rings. The van der Waals surface area contributed by atoms with E-state index >= 15 is 0 Å². The summed E-state index contributed by atoms with van der Waals surface area (Å²) in [6.07, 6.45) is 0. The second-order valence-electron chi connectivity index (χ2n) is 6.30. The van der Waals surface area contributed by atoms with Gasteiger partial charge in [0.1, 0.15) is 0 Å². The van der Waals surface area contributed by atoms with E-state index in [0.29, 0.717) is 0 Å². The van der Waals surface area contributed by atoms with Gasteiger partial charge in [0.05, 0.1) is 0 Å². The highest BCUT2D eigenvalue weighted by atomic mass is 14.6. The molecule has 1 heteroatoms. The maximum absolute atomic E-state index is 6.62. The van der Waals surface area contributed by atoms with Gasteiger partial charge < -0.3 is 5.73 Å². The summed E-state index contributed by atoms with van der Waals surface area (Å²) in [6, 6.07) is 19.1. The molecule has 3 rings (SSSR count). The summed E-state index contributed by atoms with van der Waals surface area (Å²) in [5.74, 6) is 0. The molecule has 2 N–H and O–H groups in total. The summed E-state index contributed by atoms with van der Waals surface area (Å²) in [5, 5.41) is 0. The summed E-state index contributed by atoms with van der Waals surface area (Å²) >= 11 is 0. The lowest BCUT2D eigenvalue weighted by Gasteiger charge is -2.18. The number of rotatable bonds is 2. The first kappa shape index (κ1) is 15.4. The first-order valence-corrected chi connectivity index (χ1v) is 8.02. The van der Waals surface area contributed by atoms with Crippen LogP contribution in [0.3, 0.4) is 0 Å². The van der Waals surface area contributed by atoms with Crippen molar-refractivity contribution in [3.63, 3.8) is 0 Å². The van der Waals surface area contributed by atoms with Crippen LogP contribution in [0, 0.1) is 27.7 Å². The number of aryl methyl sites for hydroxylation is 4. The number of nitrogens with two attached hydrogens (primary N) is 1. The van der Waals surface area contributed by atoms with E-state index in [1.807, 2.05) is 0 Å². The van der Waals surface area contributed by atoms with E-state index in [0.717, 1.165) is 16.8 Å². The van der Waals surface area contributed by atoms with Crippen LogP contribution in [0.4, 0.5) is 5.69 Å². The van der Waals surface area contributed by atoms with Gasteiger partial charge in [-0.3, -0.25) is 0 Å². The number of hydrogen-bond donors (Lipinski definition) is 1. The molecule has 23 heavy (non-hydrogen) atoms. The van der Waals surface area contributed by atoms with Gasteiger partial charge in [-0.05, 0) is 61.1 Å². The van der Waals surface area contributed by atoms with Crippen LogP contribution >= 0.6 is 0 Å². The Morgan fingerprint density at radius 3 is 1.17 bits per heavy atom. The molecule has 1 nitrogen and oxygen atoms in total. The van der Waals surface area contributed by atoms with Crippen molar-refractivity contribution in [2.45, 2.75) is 27.7 Å². The van der Waals surface area contributed by atoms with Crippen LogP contribution in [-0.4, -0.2) is 0 Å². The second-order valence-corrected chi connectivity index (χ2v) is 6.30. The lowest BCUT2D eigenvalue weighted by molar-refractivity contribution is 1.36. The molecular weight excluding hydrogens is 278 g/mol. The number of anilines is 1. The molecule has 0 heterocycles. The summed E-state index contributed by atoms with van der Waals surface area (Å²) in [7, 11) is 0. The van der Waals surface area contributed by atoms with Crippen molar-refractivity contribution in [2.24, 2.45) is 0 Å². The molecule has 116 valence electrons. The predicted octanol–water partition coefficient (Wildman–Crippen LogP) is 5.84. The van der Waals surface area contributed by atoms with Gasteiger partial charge in [-0.25, -0.2) is 0 Å². The molecule has 0 aliphatic carbocycles. The van der Waals surface area contributed by atoms with Gasteiger partial charge in [0.15, 0.2) is 0 Å².